The van der Waals surface area contributed by atoms with Crippen molar-refractivity contribution < 1.29 is 19.1 Å². The first-order valence-electron chi connectivity index (χ1n) is 10.1. The van der Waals surface area contributed by atoms with Gasteiger partial charge in [-0.15, -0.1) is 0 Å². The van der Waals surface area contributed by atoms with Gasteiger partial charge in [0, 0.05) is 19.1 Å². The molecule has 34 heavy (non-hydrogen) atoms. The van der Waals surface area contributed by atoms with E-state index in [0.29, 0.717) is 40.4 Å². The highest BCUT2D eigenvalue weighted by Crippen LogP contribution is 2.37. The molecule has 3 aromatic carbocycles. The van der Waals surface area contributed by atoms with E-state index >= 15 is 0 Å². The van der Waals surface area contributed by atoms with Crippen molar-refractivity contribution in [1.29, 1.82) is 0 Å². The Balaban J connectivity index is 0.000000604. The first-order chi connectivity index (χ1) is 16.3. The Morgan fingerprint density at radius 2 is 1.76 bits per heavy atom. The Bertz CT molecular complexity index is 1080. The van der Waals surface area contributed by atoms with Crippen LogP contribution in [0.5, 0.6) is 11.5 Å². The molecule has 9 heteroatoms. The fourth-order valence-corrected chi connectivity index (χ4v) is 3.12. The molecule has 0 bridgehead atoms. The fourth-order valence-electron chi connectivity index (χ4n) is 2.70. The highest BCUT2D eigenvalue weighted by Gasteiger charge is 2.16. The summed E-state index contributed by atoms with van der Waals surface area (Å²) in [7, 11) is 1.51. The van der Waals surface area contributed by atoms with Crippen LogP contribution in [0.3, 0.4) is 0 Å². The van der Waals surface area contributed by atoms with Crippen molar-refractivity contribution in [3.05, 3.63) is 87.9 Å². The molecule has 7 nitrogen and oxygen atoms in total. The molecule has 178 valence electrons. The van der Waals surface area contributed by atoms with Crippen LogP contribution in [0, 0.1) is 6.92 Å². The molecule has 0 saturated carbocycles. The number of rotatable bonds is 8. The van der Waals surface area contributed by atoms with Gasteiger partial charge in [0.25, 0.3) is 0 Å². The van der Waals surface area contributed by atoms with Gasteiger partial charge in [-0.25, -0.2) is 5.01 Å². The molecule has 3 rings (SSSR count). The van der Waals surface area contributed by atoms with Crippen LogP contribution in [0.15, 0.2) is 71.8 Å². The van der Waals surface area contributed by atoms with Gasteiger partial charge in [0.1, 0.15) is 18.2 Å². The monoisotopic (exact) mass is 501 g/mol. The van der Waals surface area contributed by atoms with E-state index in [4.69, 9.17) is 27.9 Å². The summed E-state index contributed by atoms with van der Waals surface area (Å²) >= 11 is 12.3. The van der Waals surface area contributed by atoms with Gasteiger partial charge in [-0.1, -0.05) is 53.5 Å². The van der Waals surface area contributed by atoms with Crippen LogP contribution >= 0.6 is 23.2 Å². The van der Waals surface area contributed by atoms with E-state index in [1.807, 2.05) is 37.3 Å². The number of nitrogens with zero attached hydrogens (tertiary/aromatic N) is 2. The predicted octanol–water partition coefficient (Wildman–Crippen LogP) is 5.82. The minimum atomic E-state index is -0.228. The molecular weight excluding hydrogens is 477 g/mol. The number of halogens is 2. The first kappa shape index (κ1) is 26.9. The van der Waals surface area contributed by atoms with Gasteiger partial charge >= 0.3 is 0 Å². The smallest absolute Gasteiger partial charge is 0.244 e. The van der Waals surface area contributed by atoms with Crippen LogP contribution in [-0.2, 0) is 14.3 Å². The Kier molecular flexibility index (Phi) is 11.1. The third-order valence-electron chi connectivity index (χ3n) is 4.22. The van der Waals surface area contributed by atoms with Gasteiger partial charge in [0.15, 0.2) is 0 Å². The molecule has 3 aromatic rings. The summed E-state index contributed by atoms with van der Waals surface area (Å²) in [6.07, 6.45) is 2.21. The number of methoxy groups -OCH3 is 1. The number of hydrazone groups is 1. The van der Waals surface area contributed by atoms with Crippen molar-refractivity contribution in [1.82, 2.24) is 5.32 Å². The molecule has 0 spiro atoms. The lowest BCUT2D eigenvalue weighted by Crippen LogP contribution is -2.22. The van der Waals surface area contributed by atoms with Crippen LogP contribution < -0.4 is 15.1 Å². The SMILES string of the molecule is CC(=O)N(/N=C/c1ccccc1)c1cc(C)c(Oc2ccc(Cl)cc2)c(Cl)c1.COCNC=O. The van der Waals surface area contributed by atoms with Crippen molar-refractivity contribution in [2.24, 2.45) is 5.10 Å². The molecule has 0 aliphatic heterocycles. The average molecular weight is 502 g/mol. The van der Waals surface area contributed by atoms with Crippen molar-refractivity contribution in [2.75, 3.05) is 18.8 Å². The summed E-state index contributed by atoms with van der Waals surface area (Å²) in [6.45, 7) is 3.60. The molecule has 0 aliphatic carbocycles. The Hall–Kier alpha value is -3.39. The normalized spacial score (nSPS) is 10.3. The molecule has 0 radical (unpaired) electrons. The standard InChI is InChI=1S/C22H18Cl2N2O2.C3H7NO2/c1-15-12-19(26(16(2)27)25-14-17-6-4-3-5-7-17)13-21(24)22(15)28-20-10-8-18(23)9-11-20;1-6-3-4-2-5/h3-14H,1-2H3;2H,3H2,1H3,(H,4,5)/b25-14+;. The highest BCUT2D eigenvalue weighted by molar-refractivity contribution is 6.32. The van der Waals surface area contributed by atoms with Crippen LogP contribution in [0.25, 0.3) is 0 Å². The van der Waals surface area contributed by atoms with E-state index in [-0.39, 0.29) is 5.91 Å². The number of carbonyl (C=O) groups is 2. The van der Waals surface area contributed by atoms with Gasteiger partial charge in [-0.2, -0.15) is 5.10 Å². The molecular formula is C25H25Cl2N3O4. The summed E-state index contributed by atoms with van der Waals surface area (Å²) in [5.74, 6) is 0.907. The zero-order valence-corrected chi connectivity index (χ0v) is 20.5. The highest BCUT2D eigenvalue weighted by atomic mass is 35.5. The van der Waals surface area contributed by atoms with E-state index in [2.05, 4.69) is 15.2 Å². The minimum Gasteiger partial charge on any atom is -0.456 e. The van der Waals surface area contributed by atoms with Crippen molar-refractivity contribution in [2.45, 2.75) is 13.8 Å². The minimum absolute atomic E-state index is 0.228. The van der Waals surface area contributed by atoms with E-state index < -0.39 is 0 Å². The van der Waals surface area contributed by atoms with Gasteiger partial charge in [-0.05, 0) is 54.4 Å². The molecule has 0 fully saturated rings. The lowest BCUT2D eigenvalue weighted by atomic mass is 10.2. The van der Waals surface area contributed by atoms with Gasteiger partial charge < -0.3 is 14.8 Å². The number of nitrogens with one attached hydrogen (secondary N) is 1. The zero-order valence-electron chi connectivity index (χ0n) is 19.0. The molecule has 0 unspecified atom stereocenters. The predicted molar refractivity (Wildman–Crippen MR) is 136 cm³/mol. The van der Waals surface area contributed by atoms with Crippen molar-refractivity contribution >= 4 is 47.4 Å². The van der Waals surface area contributed by atoms with Crippen LogP contribution in [0.2, 0.25) is 10.0 Å². The van der Waals surface area contributed by atoms with Crippen molar-refractivity contribution in [3.63, 3.8) is 0 Å². The molecule has 0 atom stereocenters. The Morgan fingerprint density at radius 3 is 2.29 bits per heavy atom. The maximum atomic E-state index is 12.1. The molecule has 0 aliphatic rings. The second-order valence-electron chi connectivity index (χ2n) is 6.87. The number of anilines is 1. The zero-order chi connectivity index (χ0) is 24.9. The number of benzene rings is 3. The number of amides is 2. The van der Waals surface area contributed by atoms with E-state index in [0.717, 1.165) is 11.1 Å². The number of carbonyl (C=O) groups excluding carboxylic acids is 2. The lowest BCUT2D eigenvalue weighted by molar-refractivity contribution is -0.116. The fraction of sp³-hybridized carbons (Fsp3) is 0.160. The Labute approximate surface area is 208 Å². The van der Waals surface area contributed by atoms with E-state index in [1.54, 1.807) is 42.6 Å². The van der Waals surface area contributed by atoms with Crippen LogP contribution in [-0.4, -0.2) is 32.4 Å². The van der Waals surface area contributed by atoms with Crippen LogP contribution in [0.1, 0.15) is 18.1 Å². The topological polar surface area (TPSA) is 80.2 Å². The summed E-state index contributed by atoms with van der Waals surface area (Å²) in [5.41, 5.74) is 2.23. The largest absolute Gasteiger partial charge is 0.456 e. The second-order valence-corrected chi connectivity index (χ2v) is 7.71. The molecule has 0 heterocycles. The Morgan fingerprint density at radius 1 is 1.09 bits per heavy atom. The quantitative estimate of drug-likeness (QED) is 0.139. The maximum absolute atomic E-state index is 12.1. The number of aryl methyl sites for hydroxylation is 1. The van der Waals surface area contributed by atoms with Gasteiger partial charge in [-0.3, -0.25) is 9.59 Å². The molecule has 0 saturated heterocycles. The lowest BCUT2D eigenvalue weighted by Gasteiger charge is -2.18. The maximum Gasteiger partial charge on any atom is 0.244 e. The van der Waals surface area contributed by atoms with Gasteiger partial charge in [0.05, 0.1) is 16.9 Å². The molecule has 1 N–H and O–H groups in total. The first-order valence-corrected chi connectivity index (χ1v) is 10.9. The third-order valence-corrected chi connectivity index (χ3v) is 4.76. The summed E-state index contributed by atoms with van der Waals surface area (Å²) in [6, 6.07) is 20.0. The van der Waals surface area contributed by atoms with Gasteiger partial charge in [0.2, 0.25) is 12.3 Å². The molecule has 0 aromatic heterocycles. The van der Waals surface area contributed by atoms with Crippen LogP contribution in [0.4, 0.5) is 5.69 Å². The van der Waals surface area contributed by atoms with E-state index in [9.17, 15) is 9.59 Å². The van der Waals surface area contributed by atoms with Crippen molar-refractivity contribution in [3.8, 4) is 11.5 Å². The summed E-state index contributed by atoms with van der Waals surface area (Å²) in [4.78, 5) is 21.5. The molecule has 2 amide bonds. The number of hydrogen-bond donors (Lipinski definition) is 1. The average Bonchev–Trinajstić information content (AvgIpc) is 2.82. The number of ether oxygens (including phenoxy) is 2. The van der Waals surface area contributed by atoms with E-state index in [1.165, 1.54) is 19.0 Å². The third kappa shape index (κ3) is 8.51. The second kappa shape index (κ2) is 14.0. The summed E-state index contributed by atoms with van der Waals surface area (Å²) in [5, 5.41) is 8.92. The number of hydrogen-bond acceptors (Lipinski definition) is 5. The summed E-state index contributed by atoms with van der Waals surface area (Å²) < 4.78 is 10.3.